The molecule has 1 fully saturated rings. The number of hydrogen-bond donors (Lipinski definition) is 2. The van der Waals surface area contributed by atoms with E-state index >= 15 is 0 Å². The zero-order valence-electron chi connectivity index (χ0n) is 16.5. The molecule has 1 aliphatic rings. The summed E-state index contributed by atoms with van der Waals surface area (Å²) in [7, 11) is 1.87. The lowest BCUT2D eigenvalue weighted by Crippen LogP contribution is -2.23. The monoisotopic (exact) mass is 450 g/mol. The van der Waals surface area contributed by atoms with Gasteiger partial charge in [0.1, 0.15) is 5.75 Å². The average Bonchev–Trinajstić information content (AvgIpc) is 3.25. The van der Waals surface area contributed by atoms with Gasteiger partial charge in [0.15, 0.2) is 0 Å². The Morgan fingerprint density at radius 2 is 2.29 bits per heavy atom. The van der Waals surface area contributed by atoms with E-state index in [9.17, 15) is 4.79 Å². The smallest absolute Gasteiger partial charge is 0.411 e. The molecule has 2 aromatic rings. The van der Waals surface area contributed by atoms with Crippen LogP contribution in [0.1, 0.15) is 33.1 Å². The molecule has 28 heavy (non-hydrogen) atoms. The van der Waals surface area contributed by atoms with Crippen LogP contribution in [-0.4, -0.2) is 41.2 Å². The Bertz CT molecular complexity index is 796. The zero-order chi connectivity index (χ0) is 20.1. The highest BCUT2D eigenvalue weighted by atomic mass is 79.9. The van der Waals surface area contributed by atoms with Crippen LogP contribution in [0.5, 0.6) is 5.75 Å². The van der Waals surface area contributed by atoms with E-state index in [0.717, 1.165) is 34.4 Å². The van der Waals surface area contributed by atoms with Crippen molar-refractivity contribution in [1.82, 2.24) is 15.1 Å². The molecule has 1 aromatic heterocycles. The van der Waals surface area contributed by atoms with Crippen molar-refractivity contribution < 1.29 is 14.3 Å². The molecule has 0 radical (unpaired) electrons. The van der Waals surface area contributed by atoms with E-state index in [1.54, 1.807) is 10.9 Å². The van der Waals surface area contributed by atoms with Crippen LogP contribution in [0, 0.1) is 0 Å². The van der Waals surface area contributed by atoms with Crippen LogP contribution in [0.3, 0.4) is 0 Å². The number of carbonyl (C=O) groups is 1. The molecule has 2 heterocycles. The molecule has 0 bridgehead atoms. The van der Waals surface area contributed by atoms with Crippen LogP contribution < -0.4 is 15.4 Å². The molecule has 0 aliphatic carbocycles. The predicted molar refractivity (Wildman–Crippen MR) is 113 cm³/mol. The van der Waals surface area contributed by atoms with Crippen molar-refractivity contribution in [1.29, 1.82) is 0 Å². The average molecular weight is 451 g/mol. The number of halogens is 1. The van der Waals surface area contributed by atoms with Gasteiger partial charge in [-0.25, -0.2) is 4.79 Å². The first-order valence-electron chi connectivity index (χ1n) is 9.59. The third-order valence-corrected chi connectivity index (χ3v) is 5.18. The maximum Gasteiger partial charge on any atom is 0.411 e. The van der Waals surface area contributed by atoms with Crippen LogP contribution in [0.2, 0.25) is 0 Å². The second-order valence-corrected chi connectivity index (χ2v) is 8.04. The van der Waals surface area contributed by atoms with E-state index in [4.69, 9.17) is 9.47 Å². The van der Waals surface area contributed by atoms with Crippen LogP contribution in [0.4, 0.5) is 10.5 Å². The summed E-state index contributed by atoms with van der Waals surface area (Å²) in [5.41, 5.74) is 2.38. The lowest BCUT2D eigenvalue weighted by atomic mass is 10.1. The molecule has 152 valence electrons. The van der Waals surface area contributed by atoms with Crippen molar-refractivity contribution in [2.45, 2.75) is 45.3 Å². The predicted octanol–water partition coefficient (Wildman–Crippen LogP) is 4.33. The van der Waals surface area contributed by atoms with E-state index in [1.165, 1.54) is 12.8 Å². The standard InChI is InChI=1S/C20H27BrN4O3/c1-13(2)28-20(26)24-15-6-7-18(27-10-8-14-5-4-9-22-14)16(11-15)19-17(21)12-23-25(19)3/h6-7,11-14,22H,4-5,8-10H2,1-3H3,(H,24,26). The van der Waals surface area contributed by atoms with Gasteiger partial charge in [-0.3, -0.25) is 10.00 Å². The highest BCUT2D eigenvalue weighted by Gasteiger charge is 2.18. The minimum absolute atomic E-state index is 0.183. The molecule has 1 aromatic carbocycles. The van der Waals surface area contributed by atoms with Crippen molar-refractivity contribution in [3.05, 3.63) is 28.9 Å². The lowest BCUT2D eigenvalue weighted by molar-refractivity contribution is 0.130. The van der Waals surface area contributed by atoms with Crippen LogP contribution >= 0.6 is 15.9 Å². The SMILES string of the molecule is CC(C)OC(=O)Nc1ccc(OCCC2CCCN2)c(-c2c(Br)cnn2C)c1. The second kappa shape index (κ2) is 9.43. The quantitative estimate of drug-likeness (QED) is 0.656. The van der Waals surface area contributed by atoms with Gasteiger partial charge >= 0.3 is 6.09 Å². The van der Waals surface area contributed by atoms with Crippen molar-refractivity contribution >= 4 is 27.7 Å². The normalized spacial score (nSPS) is 16.4. The first kappa shape index (κ1) is 20.7. The molecule has 0 saturated carbocycles. The van der Waals surface area contributed by atoms with E-state index in [2.05, 4.69) is 31.7 Å². The molecule has 1 unspecified atom stereocenters. The summed E-state index contributed by atoms with van der Waals surface area (Å²) < 4.78 is 13.9. The largest absolute Gasteiger partial charge is 0.493 e. The minimum atomic E-state index is -0.481. The van der Waals surface area contributed by atoms with Gasteiger partial charge in [0.2, 0.25) is 0 Å². The Labute approximate surface area is 173 Å². The van der Waals surface area contributed by atoms with E-state index in [0.29, 0.717) is 18.3 Å². The molecule has 8 heteroatoms. The third kappa shape index (κ3) is 5.26. The molecule has 2 N–H and O–H groups in total. The number of nitrogens with zero attached hydrogens (tertiary/aromatic N) is 2. The number of hydrogen-bond acceptors (Lipinski definition) is 5. The van der Waals surface area contributed by atoms with Gasteiger partial charge in [-0.15, -0.1) is 0 Å². The van der Waals surface area contributed by atoms with Crippen molar-refractivity contribution in [2.24, 2.45) is 7.05 Å². The van der Waals surface area contributed by atoms with Gasteiger partial charge < -0.3 is 14.8 Å². The number of benzene rings is 1. The van der Waals surface area contributed by atoms with Gasteiger partial charge in [0.25, 0.3) is 0 Å². The van der Waals surface area contributed by atoms with Crippen molar-refractivity contribution in [3.8, 4) is 17.0 Å². The van der Waals surface area contributed by atoms with E-state index < -0.39 is 6.09 Å². The molecule has 1 aliphatic heterocycles. The summed E-state index contributed by atoms with van der Waals surface area (Å²) in [5.74, 6) is 0.755. The van der Waals surface area contributed by atoms with Gasteiger partial charge in [-0.1, -0.05) is 0 Å². The van der Waals surface area contributed by atoms with Crippen LogP contribution in [0.25, 0.3) is 11.3 Å². The summed E-state index contributed by atoms with van der Waals surface area (Å²) in [4.78, 5) is 12.0. The van der Waals surface area contributed by atoms with Crippen LogP contribution in [0.15, 0.2) is 28.9 Å². The van der Waals surface area contributed by atoms with Gasteiger partial charge in [-0.2, -0.15) is 5.10 Å². The molecule has 1 atom stereocenters. The molecule has 1 amide bonds. The van der Waals surface area contributed by atoms with Gasteiger partial charge in [0, 0.05) is 24.3 Å². The third-order valence-electron chi connectivity index (χ3n) is 4.60. The summed E-state index contributed by atoms with van der Waals surface area (Å²) >= 11 is 3.56. The summed E-state index contributed by atoms with van der Waals surface area (Å²) in [6.07, 6.45) is 4.47. The highest BCUT2D eigenvalue weighted by molar-refractivity contribution is 9.10. The second-order valence-electron chi connectivity index (χ2n) is 7.19. The van der Waals surface area contributed by atoms with Gasteiger partial charge in [-0.05, 0) is 73.8 Å². The highest BCUT2D eigenvalue weighted by Crippen LogP contribution is 2.37. The summed E-state index contributed by atoms with van der Waals surface area (Å²) in [6, 6.07) is 6.10. The summed E-state index contributed by atoms with van der Waals surface area (Å²) in [5, 5.41) is 10.6. The number of aromatic nitrogens is 2. The number of amides is 1. The Balaban J connectivity index is 1.80. The fraction of sp³-hybridized carbons (Fsp3) is 0.500. The maximum absolute atomic E-state index is 12.0. The Kier molecular flexibility index (Phi) is 6.96. The van der Waals surface area contributed by atoms with Crippen molar-refractivity contribution in [3.63, 3.8) is 0 Å². The Hall–Kier alpha value is -2.06. The summed E-state index contributed by atoms with van der Waals surface area (Å²) in [6.45, 7) is 5.34. The molecule has 1 saturated heterocycles. The number of nitrogens with one attached hydrogen (secondary N) is 2. The molecule has 3 rings (SSSR count). The Morgan fingerprint density at radius 3 is 2.93 bits per heavy atom. The van der Waals surface area contributed by atoms with Crippen LogP contribution in [-0.2, 0) is 11.8 Å². The molecular formula is C20H27BrN4O3. The van der Waals surface area contributed by atoms with E-state index in [1.807, 2.05) is 39.1 Å². The first-order valence-corrected chi connectivity index (χ1v) is 10.4. The maximum atomic E-state index is 12.0. The topological polar surface area (TPSA) is 77.4 Å². The minimum Gasteiger partial charge on any atom is -0.493 e. The molecular weight excluding hydrogens is 424 g/mol. The first-order chi connectivity index (χ1) is 13.4. The Morgan fingerprint density at radius 1 is 1.46 bits per heavy atom. The molecule has 0 spiro atoms. The number of aryl methyl sites for hydroxylation is 1. The molecule has 7 nitrogen and oxygen atoms in total. The van der Waals surface area contributed by atoms with E-state index in [-0.39, 0.29) is 6.10 Å². The van der Waals surface area contributed by atoms with Gasteiger partial charge in [0.05, 0.1) is 29.1 Å². The fourth-order valence-corrected chi connectivity index (χ4v) is 3.87. The number of rotatable bonds is 7. The van der Waals surface area contributed by atoms with Crippen molar-refractivity contribution in [2.75, 3.05) is 18.5 Å². The number of carbonyl (C=O) groups excluding carboxylic acids is 1. The lowest BCUT2D eigenvalue weighted by Gasteiger charge is -2.16. The number of anilines is 1. The zero-order valence-corrected chi connectivity index (χ0v) is 18.1. The fourth-order valence-electron chi connectivity index (χ4n) is 3.31. The number of ether oxygens (including phenoxy) is 2.